The fourth-order valence-corrected chi connectivity index (χ4v) is 3.80. The van der Waals surface area contributed by atoms with E-state index in [4.69, 9.17) is 16.3 Å². The van der Waals surface area contributed by atoms with Gasteiger partial charge in [-0.2, -0.15) is 0 Å². The highest BCUT2D eigenvalue weighted by atomic mass is 35.5. The fourth-order valence-electron chi connectivity index (χ4n) is 3.68. The van der Waals surface area contributed by atoms with Crippen molar-refractivity contribution in [1.82, 2.24) is 4.90 Å². The lowest BCUT2D eigenvalue weighted by molar-refractivity contribution is -0.883. The van der Waals surface area contributed by atoms with Crippen LogP contribution >= 0.6 is 11.6 Å². The third-order valence-corrected chi connectivity index (χ3v) is 5.68. The first-order valence-electron chi connectivity index (χ1n) is 9.58. The zero-order chi connectivity index (χ0) is 20.5. The number of benzene rings is 2. The minimum Gasteiger partial charge on any atom is -0.497 e. The van der Waals surface area contributed by atoms with Gasteiger partial charge in [0, 0.05) is 16.8 Å². The summed E-state index contributed by atoms with van der Waals surface area (Å²) in [5, 5.41) is 0.545. The first-order chi connectivity index (χ1) is 14.0. The van der Waals surface area contributed by atoms with Gasteiger partial charge >= 0.3 is 0 Å². The number of fused-ring (bicyclic) bond motifs is 1. The highest BCUT2D eigenvalue weighted by Crippen LogP contribution is 2.34. The van der Waals surface area contributed by atoms with Gasteiger partial charge in [0.1, 0.15) is 5.75 Å². The van der Waals surface area contributed by atoms with E-state index in [0.717, 1.165) is 26.2 Å². The maximum Gasteiger partial charge on any atom is 0.267 e. The number of anilines is 1. The molecule has 0 bridgehead atoms. The van der Waals surface area contributed by atoms with Crippen LogP contribution in [0.1, 0.15) is 15.9 Å². The van der Waals surface area contributed by atoms with E-state index < -0.39 is 0 Å². The lowest BCUT2D eigenvalue weighted by Gasteiger charge is -2.32. The smallest absolute Gasteiger partial charge is 0.267 e. The van der Waals surface area contributed by atoms with Crippen LogP contribution in [0.3, 0.4) is 0 Å². The molecule has 2 amide bonds. The second-order valence-corrected chi connectivity index (χ2v) is 7.81. The van der Waals surface area contributed by atoms with Crippen LogP contribution in [-0.2, 0) is 4.79 Å². The molecule has 29 heavy (non-hydrogen) atoms. The Morgan fingerprint density at radius 3 is 2.34 bits per heavy atom. The first kappa shape index (κ1) is 19.5. The van der Waals surface area contributed by atoms with Crippen LogP contribution in [-0.4, -0.2) is 57.1 Å². The number of likely N-dealkylation sites (N-methyl/N-ethyl adjacent to an activating group) is 1. The van der Waals surface area contributed by atoms with Gasteiger partial charge in [0.2, 0.25) is 0 Å². The molecule has 150 valence electrons. The Hall–Kier alpha value is -2.83. The number of imide groups is 1. The van der Waals surface area contributed by atoms with Gasteiger partial charge in [-0.3, -0.25) is 9.59 Å². The van der Waals surface area contributed by atoms with E-state index in [1.807, 2.05) is 6.20 Å². The summed E-state index contributed by atoms with van der Waals surface area (Å²) in [5.41, 5.74) is 2.09. The van der Waals surface area contributed by atoms with E-state index in [9.17, 15) is 9.59 Å². The molecule has 2 aliphatic heterocycles. The second kappa shape index (κ2) is 7.89. The zero-order valence-electron chi connectivity index (χ0n) is 16.4. The van der Waals surface area contributed by atoms with Gasteiger partial charge in [-0.15, -0.1) is 0 Å². The Kier molecular flexibility index (Phi) is 5.30. The Balaban J connectivity index is 1.81. The number of nitrogens with one attached hydrogen (secondary N) is 1. The molecule has 2 aliphatic rings. The first-order valence-corrected chi connectivity index (χ1v) is 9.95. The van der Waals surface area contributed by atoms with Crippen molar-refractivity contribution in [2.75, 3.05) is 45.2 Å². The van der Waals surface area contributed by atoms with Crippen LogP contribution in [0.4, 0.5) is 5.69 Å². The second-order valence-electron chi connectivity index (χ2n) is 7.37. The number of rotatable bonds is 3. The number of ether oxygens (including phenoxy) is 1. The predicted molar refractivity (Wildman–Crippen MR) is 112 cm³/mol. The summed E-state index contributed by atoms with van der Waals surface area (Å²) in [6, 6.07) is 12.0. The molecule has 1 N–H and O–H groups in total. The maximum atomic E-state index is 13.4. The average Bonchev–Trinajstić information content (AvgIpc) is 2.73. The normalized spacial score (nSPS) is 18.9. The number of amides is 2. The molecule has 0 unspecified atom stereocenters. The summed E-state index contributed by atoms with van der Waals surface area (Å²) in [4.78, 5) is 31.5. The molecule has 0 aromatic heterocycles. The van der Waals surface area contributed by atoms with Crippen molar-refractivity contribution in [3.8, 4) is 5.75 Å². The van der Waals surface area contributed by atoms with Crippen molar-refractivity contribution < 1.29 is 19.2 Å². The average molecular weight is 413 g/mol. The van der Waals surface area contributed by atoms with E-state index in [-0.39, 0.29) is 11.8 Å². The summed E-state index contributed by atoms with van der Waals surface area (Å²) in [7, 11) is 3.72. The van der Waals surface area contributed by atoms with E-state index in [2.05, 4.69) is 11.9 Å². The molecule has 4 rings (SSSR count). The van der Waals surface area contributed by atoms with Gasteiger partial charge in [-0.1, -0.05) is 11.6 Å². The molecule has 0 spiro atoms. The van der Waals surface area contributed by atoms with Crippen LogP contribution < -0.4 is 14.5 Å². The van der Waals surface area contributed by atoms with Crippen LogP contribution in [0.25, 0.3) is 5.57 Å². The van der Waals surface area contributed by atoms with Crippen LogP contribution in [0.5, 0.6) is 5.75 Å². The maximum absolute atomic E-state index is 13.4. The number of quaternary nitrogens is 1. The Morgan fingerprint density at radius 2 is 1.69 bits per heavy atom. The zero-order valence-corrected chi connectivity index (χ0v) is 17.2. The van der Waals surface area contributed by atoms with Crippen molar-refractivity contribution in [2.45, 2.75) is 0 Å². The molecule has 1 saturated heterocycles. The molecule has 0 saturated carbocycles. The van der Waals surface area contributed by atoms with Crippen molar-refractivity contribution >= 4 is 34.7 Å². The SMILES string of the molecule is COc1ccc2c(c1)C(=O)N(c1ccc(Cl)cc1)C(=O)C2=CN1CC[NH+](C)CC1. The number of methoxy groups -OCH3 is 1. The minimum absolute atomic E-state index is 0.332. The topological polar surface area (TPSA) is 54.3 Å². The largest absolute Gasteiger partial charge is 0.497 e. The van der Waals surface area contributed by atoms with Gasteiger partial charge in [0.25, 0.3) is 11.8 Å². The summed E-state index contributed by atoms with van der Waals surface area (Å²) >= 11 is 5.99. The van der Waals surface area contributed by atoms with Crippen molar-refractivity contribution in [3.63, 3.8) is 0 Å². The molecular weight excluding hydrogens is 390 g/mol. The number of piperazine rings is 1. The van der Waals surface area contributed by atoms with Gasteiger partial charge in [-0.25, -0.2) is 4.90 Å². The molecule has 0 atom stereocenters. The van der Waals surface area contributed by atoms with E-state index in [0.29, 0.717) is 33.2 Å². The molecule has 0 aliphatic carbocycles. The molecule has 7 heteroatoms. The summed E-state index contributed by atoms with van der Waals surface area (Å²) in [6.45, 7) is 3.74. The van der Waals surface area contributed by atoms with Gasteiger partial charge < -0.3 is 14.5 Å². The van der Waals surface area contributed by atoms with E-state index >= 15 is 0 Å². The van der Waals surface area contributed by atoms with E-state index in [1.165, 1.54) is 9.80 Å². The van der Waals surface area contributed by atoms with Crippen molar-refractivity contribution in [2.24, 2.45) is 0 Å². The van der Waals surface area contributed by atoms with Crippen LogP contribution in [0.2, 0.25) is 5.02 Å². The number of carbonyl (C=O) groups excluding carboxylic acids is 2. The van der Waals surface area contributed by atoms with Crippen LogP contribution in [0, 0.1) is 0 Å². The van der Waals surface area contributed by atoms with Crippen molar-refractivity contribution in [3.05, 3.63) is 64.8 Å². The number of halogens is 1. The standard InChI is InChI=1S/C22H22ClN3O3/c1-24-9-11-25(12-10-24)14-20-18-8-7-17(29-2)13-19(18)21(27)26(22(20)28)16-5-3-15(23)4-6-16/h3-8,13-14H,9-12H2,1-2H3/p+1. The quantitative estimate of drug-likeness (QED) is 0.616. The Labute approximate surface area is 174 Å². The molecule has 0 radical (unpaired) electrons. The molecule has 2 aromatic rings. The highest BCUT2D eigenvalue weighted by molar-refractivity contribution is 6.41. The van der Waals surface area contributed by atoms with Crippen molar-refractivity contribution in [1.29, 1.82) is 0 Å². The highest BCUT2D eigenvalue weighted by Gasteiger charge is 2.37. The summed E-state index contributed by atoms with van der Waals surface area (Å²) in [6.07, 6.45) is 1.90. The molecular formula is C22H23ClN3O3+. The molecule has 2 aromatic carbocycles. The minimum atomic E-state index is -0.369. The monoisotopic (exact) mass is 412 g/mol. The summed E-state index contributed by atoms with van der Waals surface area (Å²) in [5.74, 6) is -0.127. The third-order valence-electron chi connectivity index (χ3n) is 5.43. The Morgan fingerprint density at radius 1 is 1.00 bits per heavy atom. The third kappa shape index (κ3) is 3.73. The number of hydrogen-bond donors (Lipinski definition) is 1. The van der Waals surface area contributed by atoms with Gasteiger partial charge in [-0.05, 0) is 42.5 Å². The lowest BCUT2D eigenvalue weighted by Crippen LogP contribution is -3.11. The number of carbonyl (C=O) groups is 2. The predicted octanol–water partition coefficient (Wildman–Crippen LogP) is 1.71. The molecule has 6 nitrogen and oxygen atoms in total. The summed E-state index contributed by atoms with van der Waals surface area (Å²) < 4.78 is 5.30. The van der Waals surface area contributed by atoms with Crippen LogP contribution in [0.15, 0.2) is 48.7 Å². The number of hydrogen-bond acceptors (Lipinski definition) is 4. The molecule has 2 heterocycles. The Bertz CT molecular complexity index is 979. The lowest BCUT2D eigenvalue weighted by atomic mass is 9.93. The van der Waals surface area contributed by atoms with Gasteiger partial charge in [0.05, 0.1) is 57.2 Å². The fraction of sp³-hybridized carbons (Fsp3) is 0.273. The van der Waals surface area contributed by atoms with E-state index in [1.54, 1.807) is 49.6 Å². The van der Waals surface area contributed by atoms with Gasteiger partial charge in [0.15, 0.2) is 0 Å². The number of nitrogens with zero attached hydrogens (tertiary/aromatic N) is 2. The molecule has 1 fully saturated rings.